The molecule has 0 saturated heterocycles. The van der Waals surface area contributed by atoms with Crippen molar-refractivity contribution in [3.05, 3.63) is 65.2 Å². The van der Waals surface area contributed by atoms with Gasteiger partial charge in [-0.2, -0.15) is 5.10 Å². The third-order valence-corrected chi connectivity index (χ3v) is 2.73. The number of anilines is 1. The molecule has 0 heterocycles. The molecule has 0 radical (unpaired) electrons. The van der Waals surface area contributed by atoms with Crippen LogP contribution in [0.3, 0.4) is 0 Å². The molecule has 2 aromatic rings. The zero-order chi connectivity index (χ0) is 13.7. The summed E-state index contributed by atoms with van der Waals surface area (Å²) in [6.07, 6.45) is 1.63. The van der Waals surface area contributed by atoms with E-state index in [1.165, 1.54) is 0 Å². The van der Waals surface area contributed by atoms with E-state index in [2.05, 4.69) is 10.5 Å². The molecular formula is C15H15N3O. The monoisotopic (exact) mass is 253 g/mol. The smallest absolute Gasteiger partial charge is 0.271 e. The Kier molecular flexibility index (Phi) is 3.93. The number of carbonyl (C=O) groups is 1. The zero-order valence-corrected chi connectivity index (χ0v) is 10.6. The van der Waals surface area contributed by atoms with Crippen molar-refractivity contribution < 1.29 is 4.79 Å². The van der Waals surface area contributed by atoms with Crippen molar-refractivity contribution in [1.82, 2.24) is 5.43 Å². The Bertz CT molecular complexity index is 603. The predicted molar refractivity (Wildman–Crippen MR) is 77.1 cm³/mol. The van der Waals surface area contributed by atoms with E-state index in [-0.39, 0.29) is 5.91 Å². The number of hydrogen-bond donors (Lipinski definition) is 2. The van der Waals surface area contributed by atoms with Crippen LogP contribution >= 0.6 is 0 Å². The molecule has 0 aliphatic carbocycles. The van der Waals surface area contributed by atoms with Crippen LogP contribution < -0.4 is 11.2 Å². The third kappa shape index (κ3) is 3.42. The summed E-state index contributed by atoms with van der Waals surface area (Å²) < 4.78 is 0. The van der Waals surface area contributed by atoms with E-state index >= 15 is 0 Å². The van der Waals surface area contributed by atoms with Crippen molar-refractivity contribution in [1.29, 1.82) is 0 Å². The van der Waals surface area contributed by atoms with Gasteiger partial charge in [-0.3, -0.25) is 4.79 Å². The van der Waals surface area contributed by atoms with Gasteiger partial charge in [0.05, 0.1) is 6.21 Å². The maximum Gasteiger partial charge on any atom is 0.271 e. The second-order valence-corrected chi connectivity index (χ2v) is 4.18. The Morgan fingerprint density at radius 1 is 1.16 bits per heavy atom. The Morgan fingerprint density at radius 2 is 1.84 bits per heavy atom. The van der Waals surface area contributed by atoms with Gasteiger partial charge in [0.15, 0.2) is 0 Å². The van der Waals surface area contributed by atoms with E-state index in [4.69, 9.17) is 5.73 Å². The number of hydrazone groups is 1. The number of aryl methyl sites for hydroxylation is 1. The number of nitrogens with two attached hydrogens (primary N) is 1. The lowest BCUT2D eigenvalue weighted by Crippen LogP contribution is -2.17. The van der Waals surface area contributed by atoms with Crippen LogP contribution in [0.4, 0.5) is 5.69 Å². The van der Waals surface area contributed by atoms with Crippen LogP contribution in [-0.2, 0) is 0 Å². The highest BCUT2D eigenvalue weighted by molar-refractivity contribution is 5.95. The molecule has 0 aliphatic heterocycles. The highest BCUT2D eigenvalue weighted by Gasteiger charge is 2.02. The summed E-state index contributed by atoms with van der Waals surface area (Å²) in [4.78, 5) is 11.8. The van der Waals surface area contributed by atoms with Crippen LogP contribution in [0.1, 0.15) is 21.5 Å². The number of rotatable bonds is 3. The molecule has 4 heteroatoms. The molecule has 2 rings (SSSR count). The topological polar surface area (TPSA) is 67.5 Å². The van der Waals surface area contributed by atoms with Crippen molar-refractivity contribution in [2.75, 3.05) is 5.73 Å². The van der Waals surface area contributed by atoms with Crippen LogP contribution in [0.15, 0.2) is 53.6 Å². The average molecular weight is 253 g/mol. The molecule has 4 nitrogen and oxygen atoms in total. The van der Waals surface area contributed by atoms with E-state index in [0.717, 1.165) is 11.1 Å². The van der Waals surface area contributed by atoms with Gasteiger partial charge in [0, 0.05) is 11.3 Å². The molecule has 0 unspecified atom stereocenters. The highest BCUT2D eigenvalue weighted by Crippen LogP contribution is 2.05. The van der Waals surface area contributed by atoms with Gasteiger partial charge in [-0.25, -0.2) is 5.43 Å². The number of nitrogen functional groups attached to an aromatic ring is 1. The lowest BCUT2D eigenvalue weighted by molar-refractivity contribution is 0.0955. The minimum atomic E-state index is -0.259. The first kappa shape index (κ1) is 12.8. The number of benzene rings is 2. The quantitative estimate of drug-likeness (QED) is 0.501. The minimum Gasteiger partial charge on any atom is -0.399 e. The van der Waals surface area contributed by atoms with Crippen molar-refractivity contribution in [3.63, 3.8) is 0 Å². The van der Waals surface area contributed by atoms with Gasteiger partial charge in [-0.05, 0) is 42.3 Å². The van der Waals surface area contributed by atoms with E-state index < -0.39 is 0 Å². The van der Waals surface area contributed by atoms with Crippen LogP contribution in [-0.4, -0.2) is 12.1 Å². The Balaban J connectivity index is 2.01. The van der Waals surface area contributed by atoms with E-state index in [9.17, 15) is 4.79 Å². The van der Waals surface area contributed by atoms with Crippen LogP contribution in [0.2, 0.25) is 0 Å². The first-order valence-corrected chi connectivity index (χ1v) is 5.91. The molecule has 0 bridgehead atoms. The van der Waals surface area contributed by atoms with Gasteiger partial charge in [0.2, 0.25) is 0 Å². The molecule has 0 saturated carbocycles. The van der Waals surface area contributed by atoms with Gasteiger partial charge in [0.25, 0.3) is 5.91 Å². The highest BCUT2D eigenvalue weighted by atomic mass is 16.2. The molecule has 3 N–H and O–H groups in total. The van der Waals surface area contributed by atoms with E-state index in [0.29, 0.717) is 11.3 Å². The fourth-order valence-electron chi connectivity index (χ4n) is 1.59. The zero-order valence-electron chi connectivity index (χ0n) is 10.6. The van der Waals surface area contributed by atoms with Crippen molar-refractivity contribution in [2.45, 2.75) is 6.92 Å². The molecule has 19 heavy (non-hydrogen) atoms. The second-order valence-electron chi connectivity index (χ2n) is 4.18. The van der Waals surface area contributed by atoms with Crippen molar-refractivity contribution in [2.24, 2.45) is 5.10 Å². The summed E-state index contributed by atoms with van der Waals surface area (Å²) in [7, 11) is 0. The molecule has 0 aliphatic rings. The SMILES string of the molecule is Cc1ccccc1/C=N\NC(=O)c1ccc(N)cc1. The lowest BCUT2D eigenvalue weighted by atomic mass is 10.1. The van der Waals surface area contributed by atoms with Gasteiger partial charge < -0.3 is 5.73 Å². The van der Waals surface area contributed by atoms with Gasteiger partial charge >= 0.3 is 0 Å². The molecule has 0 fully saturated rings. The summed E-state index contributed by atoms with van der Waals surface area (Å²) in [5.41, 5.74) is 11.3. The molecular weight excluding hydrogens is 238 g/mol. The largest absolute Gasteiger partial charge is 0.399 e. The van der Waals surface area contributed by atoms with Crippen molar-refractivity contribution in [3.8, 4) is 0 Å². The Labute approximate surface area is 112 Å². The number of amides is 1. The van der Waals surface area contributed by atoms with E-state index in [1.807, 2.05) is 31.2 Å². The fourth-order valence-corrected chi connectivity index (χ4v) is 1.59. The van der Waals surface area contributed by atoms with Crippen LogP contribution in [0.25, 0.3) is 0 Å². The maximum absolute atomic E-state index is 11.8. The number of nitrogens with one attached hydrogen (secondary N) is 1. The molecule has 0 spiro atoms. The maximum atomic E-state index is 11.8. The molecule has 0 atom stereocenters. The van der Waals surface area contributed by atoms with Crippen LogP contribution in [0.5, 0.6) is 0 Å². The van der Waals surface area contributed by atoms with E-state index in [1.54, 1.807) is 30.5 Å². The number of nitrogens with zero attached hydrogens (tertiary/aromatic N) is 1. The van der Waals surface area contributed by atoms with Gasteiger partial charge in [0.1, 0.15) is 0 Å². The summed E-state index contributed by atoms with van der Waals surface area (Å²) >= 11 is 0. The standard InChI is InChI=1S/C15H15N3O/c1-11-4-2-3-5-13(11)10-17-18-15(19)12-6-8-14(16)9-7-12/h2-10H,16H2,1H3,(H,18,19)/b17-10-. The molecule has 2 aromatic carbocycles. The average Bonchev–Trinajstić information content (AvgIpc) is 2.41. The van der Waals surface area contributed by atoms with Gasteiger partial charge in [-0.1, -0.05) is 24.3 Å². The fraction of sp³-hybridized carbons (Fsp3) is 0.0667. The second kappa shape index (κ2) is 5.82. The molecule has 1 amide bonds. The summed E-state index contributed by atoms with van der Waals surface area (Å²) in [6.45, 7) is 1.99. The third-order valence-electron chi connectivity index (χ3n) is 2.73. The molecule has 0 aromatic heterocycles. The lowest BCUT2D eigenvalue weighted by Gasteiger charge is -2.01. The normalized spacial score (nSPS) is 10.6. The predicted octanol–water partition coefficient (Wildman–Crippen LogP) is 2.34. The van der Waals surface area contributed by atoms with Crippen LogP contribution in [0, 0.1) is 6.92 Å². The number of hydrogen-bond acceptors (Lipinski definition) is 3. The van der Waals surface area contributed by atoms with Crippen molar-refractivity contribution >= 4 is 17.8 Å². The summed E-state index contributed by atoms with van der Waals surface area (Å²) in [5.74, 6) is -0.259. The number of carbonyl (C=O) groups excluding carboxylic acids is 1. The summed E-state index contributed by atoms with van der Waals surface area (Å²) in [5, 5.41) is 3.95. The first-order chi connectivity index (χ1) is 9.16. The Morgan fingerprint density at radius 3 is 2.53 bits per heavy atom. The molecule has 96 valence electrons. The minimum absolute atomic E-state index is 0.259. The Hall–Kier alpha value is -2.62. The summed E-state index contributed by atoms with van der Waals surface area (Å²) in [6, 6.07) is 14.5. The van der Waals surface area contributed by atoms with Gasteiger partial charge in [-0.15, -0.1) is 0 Å². The first-order valence-electron chi connectivity index (χ1n) is 5.91.